The van der Waals surface area contributed by atoms with E-state index in [1.54, 1.807) is 18.2 Å². The van der Waals surface area contributed by atoms with E-state index >= 15 is 0 Å². The molecule has 0 atom stereocenters. The van der Waals surface area contributed by atoms with Gasteiger partial charge in [0.25, 0.3) is 11.8 Å². The minimum Gasteiger partial charge on any atom is -0.491 e. The number of ether oxygens (including phenoxy) is 1. The summed E-state index contributed by atoms with van der Waals surface area (Å²) in [6.07, 6.45) is 0.793. The first-order chi connectivity index (χ1) is 16.5. The van der Waals surface area contributed by atoms with Crippen molar-refractivity contribution < 1.29 is 18.7 Å². The van der Waals surface area contributed by atoms with Gasteiger partial charge in [-0.3, -0.25) is 9.59 Å². The van der Waals surface area contributed by atoms with Crippen molar-refractivity contribution in [1.82, 2.24) is 4.90 Å². The Morgan fingerprint density at radius 2 is 1.53 bits per heavy atom. The fourth-order valence-corrected chi connectivity index (χ4v) is 4.04. The molecule has 0 N–H and O–H groups in total. The van der Waals surface area contributed by atoms with E-state index in [0.29, 0.717) is 42.4 Å². The Bertz CT molecular complexity index is 1210. The van der Waals surface area contributed by atoms with Crippen LogP contribution in [0.25, 0.3) is 5.57 Å². The number of carbonyl (C=O) groups excluding carboxylic acids is 2. The van der Waals surface area contributed by atoms with Gasteiger partial charge in [0.1, 0.15) is 17.3 Å². The molecule has 1 aliphatic heterocycles. The topological polar surface area (TPSA) is 49.9 Å². The van der Waals surface area contributed by atoms with Gasteiger partial charge in [-0.1, -0.05) is 61.5 Å². The molecule has 174 valence electrons. The monoisotopic (exact) mass is 458 g/mol. The number of amides is 2. The van der Waals surface area contributed by atoms with Crippen LogP contribution >= 0.6 is 0 Å². The summed E-state index contributed by atoms with van der Waals surface area (Å²) in [7, 11) is 0. The summed E-state index contributed by atoms with van der Waals surface area (Å²) < 4.78 is 19.5. The number of para-hydroxylation sites is 2. The maximum absolute atomic E-state index is 13.9. The third-order valence-electron chi connectivity index (χ3n) is 5.67. The zero-order valence-corrected chi connectivity index (χ0v) is 19.3. The highest BCUT2D eigenvalue weighted by atomic mass is 19.1. The van der Waals surface area contributed by atoms with E-state index in [0.717, 1.165) is 12.0 Å². The summed E-state index contributed by atoms with van der Waals surface area (Å²) in [5, 5.41) is 0. The second-order valence-corrected chi connectivity index (χ2v) is 7.99. The molecule has 5 nitrogen and oxygen atoms in total. The maximum atomic E-state index is 13.9. The molecule has 3 aromatic rings. The van der Waals surface area contributed by atoms with Crippen LogP contribution in [0.15, 0.2) is 84.6 Å². The van der Waals surface area contributed by atoms with Gasteiger partial charge in [-0.25, -0.2) is 9.29 Å². The first-order valence-corrected chi connectivity index (χ1v) is 11.4. The van der Waals surface area contributed by atoms with Gasteiger partial charge in [0.05, 0.1) is 17.9 Å². The quantitative estimate of drug-likeness (QED) is 0.402. The molecule has 0 aliphatic carbocycles. The largest absolute Gasteiger partial charge is 0.491 e. The van der Waals surface area contributed by atoms with Crippen LogP contribution in [-0.2, 0) is 16.1 Å². The maximum Gasteiger partial charge on any atom is 0.282 e. The average Bonchev–Trinajstić information content (AvgIpc) is 3.12. The molecule has 0 radical (unpaired) electrons. The second kappa shape index (κ2) is 10.3. The standard InChI is InChI=1S/C28H27FN2O3/c1-3-18-34-24-13-9-8-12-23(24)31-27(32)25(21-14-16-22(29)17-15-21)26(28(31)33)30(4-2)19-20-10-6-5-7-11-20/h5-17H,3-4,18-19H2,1-2H3. The molecule has 0 spiro atoms. The summed E-state index contributed by atoms with van der Waals surface area (Å²) in [5.41, 5.74) is 2.47. The normalized spacial score (nSPS) is 13.6. The number of nitrogens with zero attached hydrogens (tertiary/aromatic N) is 2. The highest BCUT2D eigenvalue weighted by molar-refractivity contribution is 6.45. The Kier molecular flexibility index (Phi) is 7.07. The van der Waals surface area contributed by atoms with Crippen LogP contribution in [0.5, 0.6) is 5.75 Å². The Balaban J connectivity index is 1.82. The van der Waals surface area contributed by atoms with E-state index in [2.05, 4.69) is 0 Å². The summed E-state index contributed by atoms with van der Waals surface area (Å²) in [5.74, 6) is -0.813. The van der Waals surface area contributed by atoms with E-state index < -0.39 is 17.6 Å². The first kappa shape index (κ1) is 23.2. The molecule has 0 saturated heterocycles. The van der Waals surface area contributed by atoms with Crippen molar-refractivity contribution in [2.24, 2.45) is 0 Å². The van der Waals surface area contributed by atoms with E-state index in [1.165, 1.54) is 29.2 Å². The molecule has 3 aromatic carbocycles. The lowest BCUT2D eigenvalue weighted by molar-refractivity contribution is -0.120. The Labute approximate surface area is 199 Å². The van der Waals surface area contributed by atoms with Crippen molar-refractivity contribution >= 4 is 23.1 Å². The summed E-state index contributed by atoms with van der Waals surface area (Å²) >= 11 is 0. The number of hydrogen-bond acceptors (Lipinski definition) is 4. The van der Waals surface area contributed by atoms with Crippen LogP contribution in [0.2, 0.25) is 0 Å². The molecule has 4 rings (SSSR count). The van der Waals surface area contributed by atoms with E-state index in [9.17, 15) is 14.0 Å². The van der Waals surface area contributed by atoms with E-state index in [1.807, 2.05) is 55.1 Å². The van der Waals surface area contributed by atoms with E-state index in [4.69, 9.17) is 4.74 Å². The molecule has 0 bridgehead atoms. The molecule has 34 heavy (non-hydrogen) atoms. The lowest BCUT2D eigenvalue weighted by Crippen LogP contribution is -2.35. The molecule has 1 aliphatic rings. The minimum atomic E-state index is -0.453. The zero-order chi connectivity index (χ0) is 24.1. The van der Waals surface area contributed by atoms with Gasteiger partial charge in [-0.15, -0.1) is 0 Å². The van der Waals surface area contributed by atoms with Crippen molar-refractivity contribution in [1.29, 1.82) is 0 Å². The van der Waals surface area contributed by atoms with Gasteiger partial charge in [-0.2, -0.15) is 0 Å². The van der Waals surface area contributed by atoms with E-state index in [-0.39, 0.29) is 5.57 Å². The predicted octanol–water partition coefficient (Wildman–Crippen LogP) is 5.42. The lowest BCUT2D eigenvalue weighted by Gasteiger charge is -2.25. The smallest absolute Gasteiger partial charge is 0.282 e. The molecular weight excluding hydrogens is 431 g/mol. The van der Waals surface area contributed by atoms with Gasteiger partial charge >= 0.3 is 0 Å². The molecule has 0 saturated carbocycles. The van der Waals surface area contributed by atoms with Crippen molar-refractivity contribution in [2.75, 3.05) is 18.1 Å². The Hall–Kier alpha value is -3.93. The molecule has 0 fully saturated rings. The third-order valence-corrected chi connectivity index (χ3v) is 5.67. The lowest BCUT2D eigenvalue weighted by atomic mass is 10.0. The van der Waals surface area contributed by atoms with Crippen LogP contribution < -0.4 is 9.64 Å². The number of anilines is 1. The van der Waals surface area contributed by atoms with Crippen molar-refractivity contribution in [3.8, 4) is 5.75 Å². The van der Waals surface area contributed by atoms with Gasteiger partial charge in [0, 0.05) is 13.1 Å². The molecule has 0 aromatic heterocycles. The molecule has 2 amide bonds. The first-order valence-electron chi connectivity index (χ1n) is 11.4. The summed E-state index contributed by atoms with van der Waals surface area (Å²) in [6, 6.07) is 22.5. The fraction of sp³-hybridized carbons (Fsp3) is 0.214. The number of imide groups is 1. The van der Waals surface area contributed by atoms with Crippen LogP contribution in [0.3, 0.4) is 0 Å². The number of carbonyl (C=O) groups is 2. The second-order valence-electron chi connectivity index (χ2n) is 7.99. The number of halogens is 1. The highest BCUT2D eigenvalue weighted by Crippen LogP contribution is 2.39. The van der Waals surface area contributed by atoms with Gasteiger partial charge in [0.2, 0.25) is 0 Å². The molecular formula is C28H27FN2O3. The highest BCUT2D eigenvalue weighted by Gasteiger charge is 2.43. The molecule has 0 unspecified atom stereocenters. The van der Waals surface area contributed by atoms with Gasteiger partial charge in [-0.05, 0) is 48.7 Å². The summed E-state index contributed by atoms with van der Waals surface area (Å²) in [6.45, 7) is 5.36. The van der Waals surface area contributed by atoms with Gasteiger partial charge < -0.3 is 9.64 Å². The number of likely N-dealkylation sites (N-methyl/N-ethyl adjacent to an activating group) is 1. The fourth-order valence-electron chi connectivity index (χ4n) is 4.04. The van der Waals surface area contributed by atoms with Crippen LogP contribution in [0.1, 0.15) is 31.4 Å². The van der Waals surface area contributed by atoms with Crippen LogP contribution in [0.4, 0.5) is 10.1 Å². The average molecular weight is 459 g/mol. The number of benzene rings is 3. The van der Waals surface area contributed by atoms with Crippen molar-refractivity contribution in [3.63, 3.8) is 0 Å². The third kappa shape index (κ3) is 4.57. The molecule has 1 heterocycles. The molecule has 6 heteroatoms. The van der Waals surface area contributed by atoms with Crippen LogP contribution in [0, 0.1) is 5.82 Å². The number of rotatable bonds is 9. The zero-order valence-electron chi connectivity index (χ0n) is 19.3. The van der Waals surface area contributed by atoms with Crippen molar-refractivity contribution in [3.05, 3.63) is 102 Å². The van der Waals surface area contributed by atoms with Crippen molar-refractivity contribution in [2.45, 2.75) is 26.8 Å². The predicted molar refractivity (Wildman–Crippen MR) is 131 cm³/mol. The summed E-state index contributed by atoms with van der Waals surface area (Å²) in [4.78, 5) is 30.7. The Morgan fingerprint density at radius 1 is 0.853 bits per heavy atom. The number of hydrogen-bond donors (Lipinski definition) is 0. The Morgan fingerprint density at radius 3 is 2.21 bits per heavy atom. The van der Waals surface area contributed by atoms with Gasteiger partial charge in [0.15, 0.2) is 0 Å². The minimum absolute atomic E-state index is 0.257. The SMILES string of the molecule is CCCOc1ccccc1N1C(=O)C(c2ccc(F)cc2)=C(N(CC)Cc2ccccc2)C1=O. The van der Waals surface area contributed by atoms with Crippen LogP contribution in [-0.4, -0.2) is 29.9 Å².